The van der Waals surface area contributed by atoms with Crippen molar-refractivity contribution in [2.24, 2.45) is 0 Å². The molecule has 1 aliphatic carbocycles. The average Bonchev–Trinajstić information content (AvgIpc) is 2.92. The van der Waals surface area contributed by atoms with Crippen LogP contribution in [0.3, 0.4) is 0 Å². The first-order valence-corrected chi connectivity index (χ1v) is 6.54. The number of fused-ring (bicyclic) bond motifs is 1. The normalized spacial score (nSPS) is 16.1. The number of nitrogens with one attached hydrogen (secondary N) is 1. The van der Waals surface area contributed by atoms with Crippen LogP contribution in [0.25, 0.3) is 4.96 Å². The monoisotopic (exact) mass is 237 g/mol. The number of imidazole rings is 1. The van der Waals surface area contributed by atoms with E-state index in [-0.39, 0.29) is 6.61 Å². The van der Waals surface area contributed by atoms with E-state index in [1.807, 2.05) is 0 Å². The van der Waals surface area contributed by atoms with Crippen molar-refractivity contribution in [1.29, 1.82) is 0 Å². The van der Waals surface area contributed by atoms with E-state index in [9.17, 15) is 0 Å². The van der Waals surface area contributed by atoms with Crippen LogP contribution in [0.15, 0.2) is 11.6 Å². The van der Waals surface area contributed by atoms with Crippen LogP contribution >= 0.6 is 11.3 Å². The van der Waals surface area contributed by atoms with Crippen molar-refractivity contribution in [3.8, 4) is 0 Å². The summed E-state index contributed by atoms with van der Waals surface area (Å²) in [5.41, 5.74) is 2.53. The van der Waals surface area contributed by atoms with Crippen molar-refractivity contribution < 1.29 is 5.11 Å². The molecule has 0 bridgehead atoms. The topological polar surface area (TPSA) is 49.6 Å². The largest absolute Gasteiger partial charge is 0.395 e. The molecule has 3 rings (SSSR count). The summed E-state index contributed by atoms with van der Waals surface area (Å²) < 4.78 is 2.17. The average molecular weight is 237 g/mol. The fraction of sp³-hybridized carbons (Fsp3) is 0.545. The highest BCUT2D eigenvalue weighted by atomic mass is 32.1. The predicted molar refractivity (Wildman–Crippen MR) is 63.8 cm³/mol. The number of rotatable bonds is 5. The van der Waals surface area contributed by atoms with Gasteiger partial charge in [-0.25, -0.2) is 4.98 Å². The zero-order valence-corrected chi connectivity index (χ0v) is 9.83. The molecule has 1 saturated carbocycles. The maximum absolute atomic E-state index is 8.78. The fourth-order valence-corrected chi connectivity index (χ4v) is 2.73. The Balaban J connectivity index is 1.90. The molecule has 0 spiro atoms. The lowest BCUT2D eigenvalue weighted by Gasteiger charge is -2.04. The zero-order valence-electron chi connectivity index (χ0n) is 9.02. The lowest BCUT2D eigenvalue weighted by molar-refractivity contribution is 0.291. The summed E-state index contributed by atoms with van der Waals surface area (Å²) in [6.45, 7) is 1.62. The Morgan fingerprint density at radius 3 is 3.19 bits per heavy atom. The summed E-state index contributed by atoms with van der Waals surface area (Å²) in [5, 5.41) is 14.1. The first kappa shape index (κ1) is 10.3. The zero-order chi connectivity index (χ0) is 11.0. The van der Waals surface area contributed by atoms with Crippen molar-refractivity contribution in [1.82, 2.24) is 14.7 Å². The number of aliphatic hydroxyl groups is 1. The van der Waals surface area contributed by atoms with Crippen LogP contribution in [0.2, 0.25) is 0 Å². The van der Waals surface area contributed by atoms with Gasteiger partial charge in [-0.15, -0.1) is 11.3 Å². The highest BCUT2D eigenvalue weighted by Gasteiger charge is 2.29. The van der Waals surface area contributed by atoms with E-state index >= 15 is 0 Å². The molecule has 0 unspecified atom stereocenters. The molecule has 0 aliphatic heterocycles. The van der Waals surface area contributed by atoms with Crippen LogP contribution in [-0.2, 0) is 6.54 Å². The van der Waals surface area contributed by atoms with Gasteiger partial charge in [0.2, 0.25) is 0 Å². The maximum atomic E-state index is 8.78. The van der Waals surface area contributed by atoms with Gasteiger partial charge in [0.05, 0.1) is 18.0 Å². The van der Waals surface area contributed by atoms with Gasteiger partial charge >= 0.3 is 0 Å². The Labute approximate surface area is 97.9 Å². The number of aliphatic hydroxyl groups excluding tert-OH is 1. The van der Waals surface area contributed by atoms with Crippen molar-refractivity contribution in [2.45, 2.75) is 25.3 Å². The second-order valence-electron chi connectivity index (χ2n) is 4.17. The Hall–Kier alpha value is -0.910. The molecule has 2 aromatic rings. The molecule has 0 amide bonds. The van der Waals surface area contributed by atoms with Crippen molar-refractivity contribution in [3.63, 3.8) is 0 Å². The van der Waals surface area contributed by atoms with Crippen LogP contribution in [0.1, 0.15) is 30.1 Å². The molecule has 86 valence electrons. The van der Waals surface area contributed by atoms with Gasteiger partial charge < -0.3 is 10.4 Å². The molecule has 0 atom stereocenters. The Kier molecular flexibility index (Phi) is 2.67. The van der Waals surface area contributed by atoms with E-state index in [1.54, 1.807) is 11.3 Å². The van der Waals surface area contributed by atoms with Crippen LogP contribution in [0.4, 0.5) is 0 Å². The van der Waals surface area contributed by atoms with Gasteiger partial charge in [-0.1, -0.05) is 0 Å². The quantitative estimate of drug-likeness (QED) is 0.772. The van der Waals surface area contributed by atoms with Gasteiger partial charge in [0.15, 0.2) is 4.96 Å². The first-order valence-electron chi connectivity index (χ1n) is 5.66. The third kappa shape index (κ3) is 1.75. The molecular formula is C11H15N3OS. The number of hydrogen-bond acceptors (Lipinski definition) is 4. The van der Waals surface area contributed by atoms with Crippen LogP contribution in [0.5, 0.6) is 0 Å². The van der Waals surface area contributed by atoms with Gasteiger partial charge in [-0.05, 0) is 12.8 Å². The first-order chi connectivity index (χ1) is 7.90. The second-order valence-corrected chi connectivity index (χ2v) is 5.05. The highest BCUT2D eigenvalue weighted by molar-refractivity contribution is 7.15. The summed E-state index contributed by atoms with van der Waals surface area (Å²) in [4.78, 5) is 5.78. The highest BCUT2D eigenvalue weighted by Crippen LogP contribution is 2.41. The molecule has 2 heterocycles. The summed E-state index contributed by atoms with van der Waals surface area (Å²) in [6, 6.07) is 0. The lowest BCUT2D eigenvalue weighted by atomic mass is 10.2. The van der Waals surface area contributed by atoms with Gasteiger partial charge in [0.25, 0.3) is 0 Å². The van der Waals surface area contributed by atoms with Crippen LogP contribution in [-0.4, -0.2) is 27.6 Å². The number of aromatic nitrogens is 2. The molecule has 0 radical (unpaired) electrons. The van der Waals surface area contributed by atoms with E-state index in [2.05, 4.69) is 21.3 Å². The smallest absolute Gasteiger partial charge is 0.194 e. The molecular weight excluding hydrogens is 222 g/mol. The number of thiazole rings is 1. The third-order valence-electron chi connectivity index (χ3n) is 2.94. The Morgan fingerprint density at radius 2 is 2.44 bits per heavy atom. The van der Waals surface area contributed by atoms with E-state index < -0.39 is 0 Å². The summed E-state index contributed by atoms with van der Waals surface area (Å²) in [7, 11) is 0. The van der Waals surface area contributed by atoms with E-state index in [4.69, 9.17) is 10.1 Å². The van der Waals surface area contributed by atoms with E-state index in [0.29, 0.717) is 12.5 Å². The van der Waals surface area contributed by atoms with Gasteiger partial charge in [-0.2, -0.15) is 0 Å². The number of nitrogens with zero attached hydrogens (tertiary/aromatic N) is 2. The van der Waals surface area contributed by atoms with Crippen molar-refractivity contribution in [2.75, 3.05) is 13.2 Å². The standard InChI is InChI=1S/C11H15N3OS/c15-5-3-12-7-9-10(8-1-2-8)13-11-14(9)4-6-16-11/h4,6,8,12,15H,1-3,5,7H2. The van der Waals surface area contributed by atoms with Gasteiger partial charge in [-0.3, -0.25) is 4.40 Å². The second kappa shape index (κ2) is 4.16. The minimum Gasteiger partial charge on any atom is -0.395 e. The summed E-state index contributed by atoms with van der Waals surface area (Å²) in [5.74, 6) is 0.679. The SMILES string of the molecule is OCCNCc1c(C2CC2)nc2sccn12. The molecule has 0 aromatic carbocycles. The van der Waals surface area contributed by atoms with Crippen molar-refractivity contribution in [3.05, 3.63) is 23.0 Å². The molecule has 4 nitrogen and oxygen atoms in total. The lowest BCUT2D eigenvalue weighted by Crippen LogP contribution is -2.19. The summed E-state index contributed by atoms with van der Waals surface area (Å²) in [6.07, 6.45) is 4.63. The number of hydrogen-bond donors (Lipinski definition) is 2. The van der Waals surface area contributed by atoms with E-state index in [1.165, 1.54) is 24.2 Å². The van der Waals surface area contributed by atoms with Crippen LogP contribution < -0.4 is 5.32 Å². The predicted octanol–water partition coefficient (Wildman–Crippen LogP) is 1.36. The minimum absolute atomic E-state index is 0.185. The molecule has 1 fully saturated rings. The molecule has 1 aliphatic rings. The molecule has 2 N–H and O–H groups in total. The van der Waals surface area contributed by atoms with E-state index in [0.717, 1.165) is 11.5 Å². The van der Waals surface area contributed by atoms with Gasteiger partial charge in [0, 0.05) is 30.6 Å². The molecule has 5 heteroatoms. The fourth-order valence-electron chi connectivity index (χ4n) is 1.99. The maximum Gasteiger partial charge on any atom is 0.194 e. The van der Waals surface area contributed by atoms with Crippen LogP contribution in [0, 0.1) is 0 Å². The molecule has 16 heavy (non-hydrogen) atoms. The minimum atomic E-state index is 0.185. The van der Waals surface area contributed by atoms with Crippen molar-refractivity contribution >= 4 is 16.3 Å². The van der Waals surface area contributed by atoms with Gasteiger partial charge in [0.1, 0.15) is 0 Å². The molecule has 0 saturated heterocycles. The Morgan fingerprint density at radius 1 is 1.56 bits per heavy atom. The summed E-state index contributed by atoms with van der Waals surface area (Å²) >= 11 is 1.68. The molecule has 2 aromatic heterocycles. The Bertz CT molecular complexity index is 486. The third-order valence-corrected chi connectivity index (χ3v) is 3.69.